The molecule has 0 unspecified atom stereocenters. The van der Waals surface area contributed by atoms with E-state index in [4.69, 9.17) is 5.11 Å². The van der Waals surface area contributed by atoms with Gasteiger partial charge in [0.05, 0.1) is 6.26 Å². The largest absolute Gasteiger partial charge is 0.516 e. The third-order valence-corrected chi connectivity index (χ3v) is 0.415. The molecule has 1 nitrogen and oxygen atoms in total. The van der Waals surface area contributed by atoms with Crippen molar-refractivity contribution in [1.82, 2.24) is 0 Å². The minimum Gasteiger partial charge on any atom is -0.516 e. The van der Waals surface area contributed by atoms with Gasteiger partial charge in [-0.2, -0.15) is 26.3 Å². The van der Waals surface area contributed by atoms with Crippen LogP contribution in [-0.4, -0.2) is 11.3 Å². The number of hydrogen-bond acceptors (Lipinski definition) is 1. The van der Waals surface area contributed by atoms with Gasteiger partial charge in [-0.15, -0.1) is 0 Å². The summed E-state index contributed by atoms with van der Waals surface area (Å²) in [6.45, 7) is 2.92. The maximum atomic E-state index is 11.0. The van der Waals surface area contributed by atoms with Gasteiger partial charge in [-0.1, -0.05) is 6.58 Å². The van der Waals surface area contributed by atoms with Crippen molar-refractivity contribution in [3.63, 3.8) is 0 Å². The highest BCUT2D eigenvalue weighted by molar-refractivity contribution is 4.98. The second kappa shape index (κ2) is 5.50. The van der Waals surface area contributed by atoms with Gasteiger partial charge in [0.2, 0.25) is 0 Å². The molecule has 0 amide bonds. The van der Waals surface area contributed by atoms with Gasteiger partial charge >= 0.3 is 12.3 Å². The van der Waals surface area contributed by atoms with E-state index in [1.165, 1.54) is 0 Å². The van der Waals surface area contributed by atoms with E-state index < -0.39 is 18.1 Å². The smallest absolute Gasteiger partial charge is 0.448 e. The number of alkyl halides is 3. The van der Waals surface area contributed by atoms with Crippen molar-refractivity contribution < 1.29 is 31.4 Å². The fourth-order valence-electron chi connectivity index (χ4n) is 0.107. The molecule has 0 aromatic carbocycles. The molecule has 7 heteroatoms. The maximum absolute atomic E-state index is 11.0. The third-order valence-electron chi connectivity index (χ3n) is 0.415. The lowest BCUT2D eigenvalue weighted by atomic mass is 10.6. The van der Waals surface area contributed by atoms with Gasteiger partial charge in [-0.3, -0.25) is 0 Å². The molecule has 0 fully saturated rings. The quantitative estimate of drug-likeness (QED) is 0.463. The van der Waals surface area contributed by atoms with Crippen molar-refractivity contribution in [2.45, 2.75) is 6.18 Å². The van der Waals surface area contributed by atoms with Crippen LogP contribution >= 0.6 is 0 Å². The SMILES string of the molecule is C=CO.FC(F)=C(F)C(F)(F)F. The van der Waals surface area contributed by atoms with Gasteiger partial charge in [-0.25, -0.2) is 0 Å². The molecule has 0 aromatic heterocycles. The Bertz CT molecular complexity index is 165. The molecule has 0 saturated heterocycles. The summed E-state index contributed by atoms with van der Waals surface area (Å²) in [6, 6.07) is 0. The van der Waals surface area contributed by atoms with Gasteiger partial charge in [0.15, 0.2) is 0 Å². The number of aliphatic hydroxyl groups is 1. The summed E-state index contributed by atoms with van der Waals surface area (Å²) in [4.78, 5) is 0. The second-order valence-corrected chi connectivity index (χ2v) is 1.25. The summed E-state index contributed by atoms with van der Waals surface area (Å²) >= 11 is 0. The molecule has 12 heavy (non-hydrogen) atoms. The molecule has 72 valence electrons. The first-order valence-corrected chi connectivity index (χ1v) is 2.30. The van der Waals surface area contributed by atoms with E-state index in [1.807, 2.05) is 0 Å². The summed E-state index contributed by atoms with van der Waals surface area (Å²) in [6.07, 6.45) is -8.15. The van der Waals surface area contributed by atoms with Crippen molar-refractivity contribution in [3.05, 3.63) is 24.7 Å². The molecule has 0 rings (SSSR count). The lowest BCUT2D eigenvalue weighted by molar-refractivity contribution is -0.113. The van der Waals surface area contributed by atoms with Crippen LogP contribution in [0.3, 0.4) is 0 Å². The Balaban J connectivity index is 0. The average Bonchev–Trinajstić information content (AvgIpc) is 1.85. The van der Waals surface area contributed by atoms with Crippen LogP contribution in [0.2, 0.25) is 0 Å². The van der Waals surface area contributed by atoms with E-state index in [9.17, 15) is 26.3 Å². The molecule has 0 saturated carbocycles. The summed E-state index contributed by atoms with van der Waals surface area (Å²) in [5, 5.41) is 7.33. The molecule has 0 atom stereocenters. The lowest BCUT2D eigenvalue weighted by Gasteiger charge is -1.98. The van der Waals surface area contributed by atoms with Crippen molar-refractivity contribution in [2.24, 2.45) is 0 Å². The van der Waals surface area contributed by atoms with E-state index >= 15 is 0 Å². The molecule has 1 N–H and O–H groups in total. The molecular weight excluding hydrogens is 190 g/mol. The molecule has 0 bridgehead atoms. The highest BCUT2D eigenvalue weighted by atomic mass is 19.4. The van der Waals surface area contributed by atoms with Crippen LogP contribution in [0.15, 0.2) is 24.7 Å². The number of halogens is 6. The molecule has 0 spiro atoms. The van der Waals surface area contributed by atoms with Gasteiger partial charge < -0.3 is 5.11 Å². The lowest BCUT2D eigenvalue weighted by Crippen LogP contribution is -2.08. The molecule has 0 aliphatic heterocycles. The molecular formula is C5H4F6O. The van der Waals surface area contributed by atoms with Crippen molar-refractivity contribution in [1.29, 1.82) is 0 Å². The van der Waals surface area contributed by atoms with Gasteiger partial charge in [0.1, 0.15) is 0 Å². The molecule has 0 radical (unpaired) electrons. The molecule has 0 heterocycles. The van der Waals surface area contributed by atoms with Crippen LogP contribution in [0, 0.1) is 0 Å². The highest BCUT2D eigenvalue weighted by Gasteiger charge is 2.38. The van der Waals surface area contributed by atoms with Gasteiger partial charge in [0, 0.05) is 0 Å². The van der Waals surface area contributed by atoms with E-state index in [1.54, 1.807) is 0 Å². The Morgan fingerprint density at radius 1 is 1.17 bits per heavy atom. The van der Waals surface area contributed by atoms with Crippen LogP contribution in [0.4, 0.5) is 26.3 Å². The summed E-state index contributed by atoms with van der Waals surface area (Å²) < 4.78 is 64.8. The minimum absolute atomic E-state index is 0.750. The first kappa shape index (κ1) is 13.4. The summed E-state index contributed by atoms with van der Waals surface area (Å²) in [5.41, 5.74) is 0. The van der Waals surface area contributed by atoms with Crippen LogP contribution in [-0.2, 0) is 0 Å². The number of allylic oxidation sites excluding steroid dienone is 1. The van der Waals surface area contributed by atoms with Crippen molar-refractivity contribution >= 4 is 0 Å². The Morgan fingerprint density at radius 3 is 1.42 bits per heavy atom. The second-order valence-electron chi connectivity index (χ2n) is 1.25. The molecule has 0 aromatic rings. The normalized spacial score (nSPS) is 9.50. The predicted molar refractivity (Wildman–Crippen MR) is 29.2 cm³/mol. The fourth-order valence-corrected chi connectivity index (χ4v) is 0.107. The number of aliphatic hydroxyl groups excluding tert-OH is 1. The van der Waals surface area contributed by atoms with Crippen molar-refractivity contribution in [3.8, 4) is 0 Å². The zero-order valence-electron chi connectivity index (χ0n) is 5.50. The topological polar surface area (TPSA) is 20.2 Å². The molecule has 0 aliphatic rings. The summed E-state index contributed by atoms with van der Waals surface area (Å²) in [7, 11) is 0. The van der Waals surface area contributed by atoms with Gasteiger partial charge in [-0.05, 0) is 0 Å². The Kier molecular flexibility index (Phi) is 6.17. The number of hydrogen-bond donors (Lipinski definition) is 1. The summed E-state index contributed by atoms with van der Waals surface area (Å²) in [5.74, 6) is -3.33. The third kappa shape index (κ3) is 6.97. The Labute approximate surface area is 63.6 Å². The van der Waals surface area contributed by atoms with Crippen LogP contribution in [0.5, 0.6) is 0 Å². The van der Waals surface area contributed by atoms with Crippen LogP contribution < -0.4 is 0 Å². The first-order valence-electron chi connectivity index (χ1n) is 2.30. The maximum Gasteiger partial charge on any atom is 0.448 e. The van der Waals surface area contributed by atoms with E-state index in [0.29, 0.717) is 0 Å². The monoisotopic (exact) mass is 194 g/mol. The standard InChI is InChI=1S/C3F6.C2H4O/c4-1(2(5)6)3(7,8)9;1-2-3/h;2-3H,1H2. The fraction of sp³-hybridized carbons (Fsp3) is 0.200. The minimum atomic E-state index is -5.56. The zero-order valence-corrected chi connectivity index (χ0v) is 5.50. The van der Waals surface area contributed by atoms with E-state index in [-0.39, 0.29) is 0 Å². The first-order chi connectivity index (χ1) is 5.27. The van der Waals surface area contributed by atoms with Crippen LogP contribution in [0.1, 0.15) is 0 Å². The Hall–Kier alpha value is -1.14. The van der Waals surface area contributed by atoms with Gasteiger partial charge in [0.25, 0.3) is 5.83 Å². The van der Waals surface area contributed by atoms with E-state index in [0.717, 1.165) is 6.26 Å². The zero-order chi connectivity index (χ0) is 10.4. The van der Waals surface area contributed by atoms with E-state index in [2.05, 4.69) is 6.58 Å². The average molecular weight is 194 g/mol. The Morgan fingerprint density at radius 2 is 1.42 bits per heavy atom. The molecule has 0 aliphatic carbocycles. The predicted octanol–water partition coefficient (Wildman–Crippen LogP) is 3.31. The highest BCUT2D eigenvalue weighted by Crippen LogP contribution is 2.29. The number of rotatable bonds is 0. The van der Waals surface area contributed by atoms with Crippen molar-refractivity contribution in [2.75, 3.05) is 0 Å². The van der Waals surface area contributed by atoms with Crippen LogP contribution in [0.25, 0.3) is 0 Å².